The van der Waals surface area contributed by atoms with Gasteiger partial charge >= 0.3 is 0 Å². The normalized spacial score (nSPS) is 24.8. The molecule has 1 saturated carbocycles. The number of carbonyl (C=O) groups is 1. The molecule has 0 bridgehead atoms. The number of nitrogens with one attached hydrogen (secondary N) is 2. The fourth-order valence-electron chi connectivity index (χ4n) is 5.28. The average molecular weight is 446 g/mol. The maximum atomic E-state index is 12.7. The fraction of sp³-hybridized carbons (Fsp3) is 0.667. The summed E-state index contributed by atoms with van der Waals surface area (Å²) in [5.74, 6) is 2.05. The van der Waals surface area contributed by atoms with Crippen LogP contribution in [0, 0.1) is 18.8 Å². The Balaban J connectivity index is 1.22. The summed E-state index contributed by atoms with van der Waals surface area (Å²) in [6, 6.07) is 6.41. The number of amides is 1. The van der Waals surface area contributed by atoms with Crippen molar-refractivity contribution in [2.24, 2.45) is 16.8 Å². The molecule has 1 amide bonds. The van der Waals surface area contributed by atoms with Crippen molar-refractivity contribution >= 4 is 29.2 Å². The van der Waals surface area contributed by atoms with Crippen LogP contribution in [-0.4, -0.2) is 62.6 Å². The van der Waals surface area contributed by atoms with Gasteiger partial charge < -0.3 is 20.4 Å². The van der Waals surface area contributed by atoms with Crippen LogP contribution in [0.3, 0.4) is 0 Å². The van der Waals surface area contributed by atoms with Gasteiger partial charge in [-0.05, 0) is 56.2 Å². The summed E-state index contributed by atoms with van der Waals surface area (Å²) in [5.41, 5.74) is 2.52. The summed E-state index contributed by atoms with van der Waals surface area (Å²) in [6.07, 6.45) is 6.71. The second-order valence-electron chi connectivity index (χ2n) is 9.38. The molecule has 0 radical (unpaired) electrons. The summed E-state index contributed by atoms with van der Waals surface area (Å²) in [7, 11) is 1.82. The Morgan fingerprint density at radius 2 is 1.97 bits per heavy atom. The molecule has 6 nitrogen and oxygen atoms in total. The van der Waals surface area contributed by atoms with E-state index in [1.807, 2.05) is 13.1 Å². The molecule has 1 aromatic rings. The molecule has 3 fully saturated rings. The van der Waals surface area contributed by atoms with Gasteiger partial charge in [0.15, 0.2) is 5.96 Å². The maximum absolute atomic E-state index is 12.7. The lowest BCUT2D eigenvalue weighted by Crippen LogP contribution is -2.46. The average Bonchev–Trinajstić information content (AvgIpc) is 3.54. The molecular weight excluding hydrogens is 410 g/mol. The smallest absolute Gasteiger partial charge is 0.225 e. The molecule has 2 atom stereocenters. The van der Waals surface area contributed by atoms with Gasteiger partial charge in [-0.3, -0.25) is 9.79 Å². The molecular formula is C24H36ClN5O. The molecule has 7 heteroatoms. The van der Waals surface area contributed by atoms with Crippen molar-refractivity contribution in [3.05, 3.63) is 28.8 Å². The summed E-state index contributed by atoms with van der Waals surface area (Å²) < 4.78 is 0. The number of hydrogen-bond acceptors (Lipinski definition) is 3. The van der Waals surface area contributed by atoms with Crippen molar-refractivity contribution in [1.82, 2.24) is 15.5 Å². The lowest BCUT2D eigenvalue weighted by atomic mass is 10.1. The Morgan fingerprint density at radius 3 is 2.74 bits per heavy atom. The Hall–Kier alpha value is -1.95. The number of aryl methyl sites for hydroxylation is 1. The molecule has 2 N–H and O–H groups in total. The third kappa shape index (κ3) is 5.46. The van der Waals surface area contributed by atoms with Crippen LogP contribution in [0.5, 0.6) is 0 Å². The highest BCUT2D eigenvalue weighted by atomic mass is 35.5. The first-order chi connectivity index (χ1) is 15.0. The minimum Gasteiger partial charge on any atom is -0.371 e. The Morgan fingerprint density at radius 1 is 1.16 bits per heavy atom. The van der Waals surface area contributed by atoms with E-state index in [-0.39, 0.29) is 12.0 Å². The molecule has 170 valence electrons. The van der Waals surface area contributed by atoms with Gasteiger partial charge in [-0.2, -0.15) is 0 Å². The summed E-state index contributed by atoms with van der Waals surface area (Å²) >= 11 is 6.21. The lowest BCUT2D eigenvalue weighted by Gasteiger charge is -2.23. The second kappa shape index (κ2) is 10.1. The number of aliphatic imine (C=N–C) groups is 1. The molecule has 2 aliphatic heterocycles. The zero-order valence-corrected chi connectivity index (χ0v) is 19.6. The fourth-order valence-corrected chi connectivity index (χ4v) is 5.45. The standard InChI is InChI=1S/C24H36ClN5O/c1-17-7-8-20(25)13-22(17)29-11-9-18(15-29)14-27-24(26-2)28-21-10-12-30(16-21)23(31)19-5-3-4-6-19/h7-8,13,18-19,21H,3-6,9-12,14-16H2,1-2H3,(H2,26,27,28). The van der Waals surface area contributed by atoms with E-state index in [0.29, 0.717) is 11.8 Å². The van der Waals surface area contributed by atoms with Gasteiger partial charge in [0.1, 0.15) is 0 Å². The summed E-state index contributed by atoms with van der Waals surface area (Å²) in [4.78, 5) is 21.6. The number of carbonyl (C=O) groups excluding carboxylic acids is 1. The van der Waals surface area contributed by atoms with Crippen LogP contribution in [0.25, 0.3) is 0 Å². The third-order valence-electron chi connectivity index (χ3n) is 7.12. The molecule has 2 unspecified atom stereocenters. The van der Waals surface area contributed by atoms with Gasteiger partial charge in [0, 0.05) is 62.4 Å². The predicted molar refractivity (Wildman–Crippen MR) is 128 cm³/mol. The lowest BCUT2D eigenvalue weighted by molar-refractivity contribution is -0.134. The number of likely N-dealkylation sites (tertiary alicyclic amines) is 1. The van der Waals surface area contributed by atoms with E-state index in [0.717, 1.165) is 69.4 Å². The van der Waals surface area contributed by atoms with E-state index >= 15 is 0 Å². The number of halogens is 1. The number of guanidine groups is 1. The number of rotatable bonds is 5. The zero-order valence-electron chi connectivity index (χ0n) is 18.9. The quantitative estimate of drug-likeness (QED) is 0.538. The molecule has 2 heterocycles. The molecule has 1 aromatic carbocycles. The van der Waals surface area contributed by atoms with Crippen molar-refractivity contribution < 1.29 is 4.79 Å². The summed E-state index contributed by atoms with van der Waals surface area (Å²) in [6.45, 7) is 6.78. The van der Waals surface area contributed by atoms with Crippen molar-refractivity contribution in [3.63, 3.8) is 0 Å². The van der Waals surface area contributed by atoms with Gasteiger partial charge in [0.2, 0.25) is 5.91 Å². The van der Waals surface area contributed by atoms with Gasteiger partial charge in [0.05, 0.1) is 0 Å². The highest BCUT2D eigenvalue weighted by Crippen LogP contribution is 2.29. The van der Waals surface area contributed by atoms with Crippen LogP contribution < -0.4 is 15.5 Å². The SMILES string of the molecule is CN=C(NCC1CCN(c2cc(Cl)ccc2C)C1)NC1CCN(C(=O)C2CCCC2)C1. The van der Waals surface area contributed by atoms with E-state index in [4.69, 9.17) is 11.6 Å². The van der Waals surface area contributed by atoms with Gasteiger partial charge in [-0.1, -0.05) is 30.5 Å². The van der Waals surface area contributed by atoms with Crippen LogP contribution in [0.1, 0.15) is 44.1 Å². The minimum absolute atomic E-state index is 0.268. The molecule has 2 saturated heterocycles. The van der Waals surface area contributed by atoms with Crippen LogP contribution in [0.2, 0.25) is 5.02 Å². The molecule has 0 aromatic heterocycles. The Labute approximate surface area is 191 Å². The van der Waals surface area contributed by atoms with E-state index in [2.05, 4.69) is 44.5 Å². The van der Waals surface area contributed by atoms with Crippen molar-refractivity contribution in [3.8, 4) is 0 Å². The van der Waals surface area contributed by atoms with Crippen molar-refractivity contribution in [2.75, 3.05) is 44.7 Å². The zero-order chi connectivity index (χ0) is 21.8. The molecule has 0 spiro atoms. The van der Waals surface area contributed by atoms with Crippen molar-refractivity contribution in [1.29, 1.82) is 0 Å². The first-order valence-electron chi connectivity index (χ1n) is 11.8. The monoisotopic (exact) mass is 445 g/mol. The first kappa shape index (κ1) is 22.3. The second-order valence-corrected chi connectivity index (χ2v) is 9.82. The highest BCUT2D eigenvalue weighted by Gasteiger charge is 2.32. The molecule has 1 aliphatic carbocycles. The highest BCUT2D eigenvalue weighted by molar-refractivity contribution is 6.30. The number of benzene rings is 1. The van der Waals surface area contributed by atoms with Crippen LogP contribution in [0.15, 0.2) is 23.2 Å². The van der Waals surface area contributed by atoms with Gasteiger partial charge in [0.25, 0.3) is 0 Å². The van der Waals surface area contributed by atoms with Crippen molar-refractivity contribution in [2.45, 2.75) is 51.5 Å². The van der Waals surface area contributed by atoms with E-state index in [9.17, 15) is 4.79 Å². The topological polar surface area (TPSA) is 60.0 Å². The maximum Gasteiger partial charge on any atom is 0.225 e. The molecule has 4 rings (SSSR count). The summed E-state index contributed by atoms with van der Waals surface area (Å²) in [5, 5.41) is 7.85. The predicted octanol–water partition coefficient (Wildman–Crippen LogP) is 3.43. The first-order valence-corrected chi connectivity index (χ1v) is 12.2. The number of nitrogens with zero attached hydrogens (tertiary/aromatic N) is 3. The van der Waals surface area contributed by atoms with Crippen LogP contribution >= 0.6 is 11.6 Å². The van der Waals surface area contributed by atoms with Crippen LogP contribution in [-0.2, 0) is 4.79 Å². The number of anilines is 1. The molecule has 3 aliphatic rings. The Bertz CT molecular complexity index is 807. The molecule has 31 heavy (non-hydrogen) atoms. The Kier molecular flexibility index (Phi) is 7.26. The number of hydrogen-bond donors (Lipinski definition) is 2. The largest absolute Gasteiger partial charge is 0.371 e. The van der Waals surface area contributed by atoms with Gasteiger partial charge in [-0.25, -0.2) is 0 Å². The van der Waals surface area contributed by atoms with E-state index < -0.39 is 0 Å². The third-order valence-corrected chi connectivity index (χ3v) is 7.36. The van der Waals surface area contributed by atoms with Crippen LogP contribution in [0.4, 0.5) is 5.69 Å². The minimum atomic E-state index is 0.268. The van der Waals surface area contributed by atoms with E-state index in [1.165, 1.54) is 24.1 Å². The van der Waals surface area contributed by atoms with Gasteiger partial charge in [-0.15, -0.1) is 0 Å². The van der Waals surface area contributed by atoms with E-state index in [1.54, 1.807) is 0 Å².